The molecule has 3 rings (SSSR count). The van der Waals surface area contributed by atoms with Crippen molar-refractivity contribution in [2.75, 3.05) is 6.61 Å². The van der Waals surface area contributed by atoms with Crippen LogP contribution < -0.4 is 5.32 Å². The van der Waals surface area contributed by atoms with E-state index in [9.17, 15) is 4.79 Å². The Bertz CT molecular complexity index is 488. The molecule has 108 valence electrons. The summed E-state index contributed by atoms with van der Waals surface area (Å²) < 4.78 is 5.92. The number of rotatable bonds is 3. The maximum absolute atomic E-state index is 11.1. The first-order valence-corrected chi connectivity index (χ1v) is 7.42. The Morgan fingerprint density at radius 2 is 2.20 bits per heavy atom. The molecule has 0 spiro atoms. The first-order valence-electron chi connectivity index (χ1n) is 7.42. The summed E-state index contributed by atoms with van der Waals surface area (Å²) in [6.45, 7) is 0.761. The van der Waals surface area contributed by atoms with Crippen molar-refractivity contribution in [1.82, 2.24) is 5.32 Å². The Hall–Kier alpha value is -1.39. The topological polar surface area (TPSA) is 58.6 Å². The van der Waals surface area contributed by atoms with Crippen molar-refractivity contribution < 1.29 is 14.6 Å². The molecule has 0 saturated carbocycles. The van der Waals surface area contributed by atoms with Gasteiger partial charge in [-0.25, -0.2) is 0 Å². The zero-order valence-corrected chi connectivity index (χ0v) is 11.5. The van der Waals surface area contributed by atoms with E-state index in [0.29, 0.717) is 0 Å². The number of carboxylic acids is 1. The van der Waals surface area contributed by atoms with Crippen molar-refractivity contribution in [3.63, 3.8) is 0 Å². The van der Waals surface area contributed by atoms with Gasteiger partial charge < -0.3 is 15.2 Å². The smallest absolute Gasteiger partial charge is 0.320 e. The van der Waals surface area contributed by atoms with E-state index in [-0.39, 0.29) is 12.1 Å². The lowest BCUT2D eigenvalue weighted by Crippen LogP contribution is -2.47. The van der Waals surface area contributed by atoms with Crippen LogP contribution in [0.4, 0.5) is 0 Å². The summed E-state index contributed by atoms with van der Waals surface area (Å²) in [5.74, 6) is -0.736. The summed E-state index contributed by atoms with van der Waals surface area (Å²) in [4.78, 5) is 11.1. The second kappa shape index (κ2) is 5.94. The van der Waals surface area contributed by atoms with Crippen LogP contribution in [0.3, 0.4) is 0 Å². The molecule has 2 heterocycles. The lowest BCUT2D eigenvalue weighted by Gasteiger charge is -2.33. The highest BCUT2D eigenvalue weighted by molar-refractivity contribution is 5.73. The molecule has 0 aromatic heterocycles. The van der Waals surface area contributed by atoms with E-state index < -0.39 is 12.0 Å². The predicted octanol–water partition coefficient (Wildman–Crippen LogP) is 2.29. The normalized spacial score (nSPS) is 29.7. The number of fused-ring (bicyclic) bond motifs is 1. The third kappa shape index (κ3) is 2.86. The minimum Gasteiger partial charge on any atom is -0.480 e. The molecular weight excluding hydrogens is 254 g/mol. The van der Waals surface area contributed by atoms with Gasteiger partial charge in [0.1, 0.15) is 6.04 Å². The third-order valence-corrected chi connectivity index (χ3v) is 4.37. The van der Waals surface area contributed by atoms with Crippen LogP contribution in [0.5, 0.6) is 0 Å². The molecule has 2 aliphatic heterocycles. The van der Waals surface area contributed by atoms with Crippen LogP contribution in [0.15, 0.2) is 24.3 Å². The molecule has 2 aliphatic rings. The van der Waals surface area contributed by atoms with E-state index >= 15 is 0 Å². The summed E-state index contributed by atoms with van der Waals surface area (Å²) in [5, 5.41) is 12.4. The fourth-order valence-corrected chi connectivity index (χ4v) is 3.33. The number of ether oxygens (including phenoxy) is 1. The van der Waals surface area contributed by atoms with Gasteiger partial charge in [-0.1, -0.05) is 24.3 Å². The molecule has 2 N–H and O–H groups in total. The van der Waals surface area contributed by atoms with Crippen LogP contribution in [0.1, 0.15) is 42.9 Å². The van der Waals surface area contributed by atoms with Crippen molar-refractivity contribution >= 4 is 5.97 Å². The van der Waals surface area contributed by atoms with Gasteiger partial charge in [0.05, 0.1) is 12.7 Å². The maximum atomic E-state index is 11.1. The van der Waals surface area contributed by atoms with Gasteiger partial charge in [-0.15, -0.1) is 0 Å². The van der Waals surface area contributed by atoms with Crippen molar-refractivity contribution in [2.24, 2.45) is 0 Å². The summed E-state index contributed by atoms with van der Waals surface area (Å²) >= 11 is 0. The zero-order chi connectivity index (χ0) is 13.9. The van der Waals surface area contributed by atoms with E-state index in [1.54, 1.807) is 0 Å². The van der Waals surface area contributed by atoms with Gasteiger partial charge in [0.25, 0.3) is 0 Å². The van der Waals surface area contributed by atoms with Crippen LogP contribution in [0.2, 0.25) is 0 Å². The Balaban J connectivity index is 1.68. The lowest BCUT2D eigenvalue weighted by atomic mass is 9.89. The second-order valence-electron chi connectivity index (χ2n) is 5.73. The fourth-order valence-electron chi connectivity index (χ4n) is 3.33. The molecule has 0 aliphatic carbocycles. The van der Waals surface area contributed by atoms with Crippen LogP contribution in [0.25, 0.3) is 0 Å². The predicted molar refractivity (Wildman–Crippen MR) is 75.7 cm³/mol. The lowest BCUT2D eigenvalue weighted by molar-refractivity contribution is -0.140. The molecule has 0 radical (unpaired) electrons. The van der Waals surface area contributed by atoms with Crippen molar-refractivity contribution in [1.29, 1.82) is 0 Å². The molecule has 1 aromatic rings. The Kier molecular flexibility index (Phi) is 4.03. The van der Waals surface area contributed by atoms with E-state index in [0.717, 1.165) is 38.7 Å². The first kappa shape index (κ1) is 13.6. The molecule has 0 amide bonds. The first-order chi connectivity index (χ1) is 9.74. The summed E-state index contributed by atoms with van der Waals surface area (Å²) in [6, 6.07) is 8.26. The fraction of sp³-hybridized carbons (Fsp3) is 0.562. The number of benzene rings is 1. The molecule has 1 saturated heterocycles. The highest BCUT2D eigenvalue weighted by atomic mass is 16.5. The number of piperidine rings is 1. The second-order valence-corrected chi connectivity index (χ2v) is 5.73. The van der Waals surface area contributed by atoms with Crippen LogP contribution in [-0.4, -0.2) is 29.8 Å². The average molecular weight is 275 g/mol. The zero-order valence-electron chi connectivity index (χ0n) is 11.5. The molecule has 20 heavy (non-hydrogen) atoms. The van der Waals surface area contributed by atoms with Crippen molar-refractivity contribution in [3.05, 3.63) is 35.4 Å². The van der Waals surface area contributed by atoms with E-state index in [4.69, 9.17) is 9.84 Å². The molecule has 1 aromatic carbocycles. The quantitative estimate of drug-likeness (QED) is 0.888. The number of carboxylic acid groups (broad SMARTS) is 1. The largest absolute Gasteiger partial charge is 0.480 e. The third-order valence-electron chi connectivity index (χ3n) is 4.37. The van der Waals surface area contributed by atoms with Gasteiger partial charge in [-0.3, -0.25) is 4.79 Å². The number of hydrogen-bond acceptors (Lipinski definition) is 3. The maximum Gasteiger partial charge on any atom is 0.320 e. The van der Waals surface area contributed by atoms with Gasteiger partial charge in [-0.05, 0) is 43.2 Å². The molecule has 4 nitrogen and oxygen atoms in total. The summed E-state index contributed by atoms with van der Waals surface area (Å²) in [7, 11) is 0. The van der Waals surface area contributed by atoms with Gasteiger partial charge in [0, 0.05) is 6.04 Å². The van der Waals surface area contributed by atoms with Gasteiger partial charge in [0.2, 0.25) is 0 Å². The number of nitrogens with one attached hydrogen (secondary N) is 1. The van der Waals surface area contributed by atoms with E-state index in [1.165, 1.54) is 11.1 Å². The minimum absolute atomic E-state index is 0.102. The SMILES string of the molecule is O=C(O)C1CCCC(CC2OCCc3ccccc32)N1. The molecule has 0 bridgehead atoms. The Morgan fingerprint density at radius 1 is 1.35 bits per heavy atom. The Labute approximate surface area is 119 Å². The summed E-state index contributed by atoms with van der Waals surface area (Å²) in [5.41, 5.74) is 2.65. The summed E-state index contributed by atoms with van der Waals surface area (Å²) in [6.07, 6.45) is 4.68. The number of aliphatic carboxylic acids is 1. The van der Waals surface area contributed by atoms with Crippen LogP contribution >= 0.6 is 0 Å². The van der Waals surface area contributed by atoms with Gasteiger partial charge >= 0.3 is 5.97 Å². The van der Waals surface area contributed by atoms with Gasteiger partial charge in [0.15, 0.2) is 0 Å². The molecular formula is C16H21NO3. The van der Waals surface area contributed by atoms with Crippen molar-refractivity contribution in [3.8, 4) is 0 Å². The minimum atomic E-state index is -0.736. The van der Waals surface area contributed by atoms with Gasteiger partial charge in [-0.2, -0.15) is 0 Å². The van der Waals surface area contributed by atoms with E-state index in [2.05, 4.69) is 29.6 Å². The molecule has 3 atom stereocenters. The molecule has 3 unspecified atom stereocenters. The monoisotopic (exact) mass is 275 g/mol. The van der Waals surface area contributed by atoms with Crippen LogP contribution in [-0.2, 0) is 16.0 Å². The van der Waals surface area contributed by atoms with Crippen molar-refractivity contribution in [2.45, 2.75) is 50.3 Å². The average Bonchev–Trinajstić information content (AvgIpc) is 2.48. The highest BCUT2D eigenvalue weighted by Gasteiger charge is 2.30. The Morgan fingerprint density at radius 3 is 3.05 bits per heavy atom. The standard InChI is InChI=1S/C16H21NO3/c18-16(19)14-7-3-5-12(17-14)10-15-13-6-2-1-4-11(13)8-9-20-15/h1-2,4,6,12,14-15,17H,3,5,7-10H2,(H,18,19). The number of hydrogen-bond donors (Lipinski definition) is 2. The number of carbonyl (C=O) groups is 1. The molecule has 4 heteroatoms. The van der Waals surface area contributed by atoms with E-state index in [1.807, 2.05) is 0 Å². The van der Waals surface area contributed by atoms with Crippen LogP contribution in [0, 0.1) is 0 Å². The highest BCUT2D eigenvalue weighted by Crippen LogP contribution is 2.32. The molecule has 1 fully saturated rings.